The molecule has 28 heavy (non-hydrogen) atoms. The molecule has 0 aliphatic heterocycles. The van der Waals surface area contributed by atoms with Crippen LogP contribution in [0.15, 0.2) is 102 Å². The summed E-state index contributed by atoms with van der Waals surface area (Å²) in [6.45, 7) is 5.85. The molecule has 0 aliphatic carbocycles. The van der Waals surface area contributed by atoms with Crippen LogP contribution in [0.3, 0.4) is 0 Å². The van der Waals surface area contributed by atoms with Crippen LogP contribution in [0.5, 0.6) is 0 Å². The summed E-state index contributed by atoms with van der Waals surface area (Å²) in [7, 11) is -3.71. The Kier molecular flexibility index (Phi) is 6.29. The normalized spacial score (nSPS) is 13.5. The molecule has 2 N–H and O–H groups in total. The van der Waals surface area contributed by atoms with Crippen molar-refractivity contribution < 1.29 is 8.42 Å². The van der Waals surface area contributed by atoms with E-state index in [9.17, 15) is 8.42 Å². The summed E-state index contributed by atoms with van der Waals surface area (Å²) >= 11 is 0. The van der Waals surface area contributed by atoms with E-state index in [0.717, 1.165) is 16.8 Å². The van der Waals surface area contributed by atoms with Crippen LogP contribution in [0, 0.1) is 6.92 Å². The number of aryl methyl sites for hydroxylation is 1. The minimum absolute atomic E-state index is 0.238. The van der Waals surface area contributed by atoms with Gasteiger partial charge in [0.15, 0.2) is 0 Å². The summed E-state index contributed by atoms with van der Waals surface area (Å²) in [6.07, 6.45) is 1.72. The van der Waals surface area contributed by atoms with Crippen LogP contribution in [0.25, 0.3) is 0 Å². The molecular weight excluding hydrogens is 368 g/mol. The third-order valence-electron chi connectivity index (χ3n) is 4.49. The summed E-state index contributed by atoms with van der Waals surface area (Å²) in [5.41, 5.74) is 2.75. The minimum atomic E-state index is -3.71. The van der Waals surface area contributed by atoms with Gasteiger partial charge in [0.25, 0.3) is 0 Å². The first-order valence-electron chi connectivity index (χ1n) is 9.08. The van der Waals surface area contributed by atoms with E-state index in [1.807, 2.05) is 67.6 Å². The van der Waals surface area contributed by atoms with Crippen molar-refractivity contribution in [3.8, 4) is 0 Å². The standard InChI is InChI=1S/C23H24N2O2S/c1-3-22(24-20-12-8-5-9-13-20)23(19-10-6-4-7-11-19)25-28(26,27)21-16-14-18(2)15-17-21/h3-17,22-25H,1H2,2H3/t22-,23-/m1/s1. The molecular formula is C23H24N2O2S. The first-order valence-corrected chi connectivity index (χ1v) is 10.6. The summed E-state index contributed by atoms with van der Waals surface area (Å²) < 4.78 is 28.9. The Bertz CT molecular complexity index is 1000. The van der Waals surface area contributed by atoms with Gasteiger partial charge < -0.3 is 5.32 Å². The van der Waals surface area contributed by atoms with Crippen LogP contribution in [-0.2, 0) is 10.0 Å². The fourth-order valence-corrected chi connectivity index (χ4v) is 4.21. The van der Waals surface area contributed by atoms with Crippen molar-refractivity contribution in [2.45, 2.75) is 23.9 Å². The lowest BCUT2D eigenvalue weighted by atomic mass is 10.00. The zero-order valence-corrected chi connectivity index (χ0v) is 16.6. The number of hydrogen-bond donors (Lipinski definition) is 2. The Morgan fingerprint density at radius 1 is 0.857 bits per heavy atom. The van der Waals surface area contributed by atoms with Gasteiger partial charge in [-0.05, 0) is 36.8 Å². The van der Waals surface area contributed by atoms with E-state index in [1.165, 1.54) is 0 Å². The number of rotatable bonds is 8. The Labute approximate surface area is 167 Å². The molecule has 3 aromatic carbocycles. The van der Waals surface area contributed by atoms with E-state index < -0.39 is 16.1 Å². The van der Waals surface area contributed by atoms with Crippen LogP contribution in [-0.4, -0.2) is 14.5 Å². The third kappa shape index (κ3) is 4.88. The van der Waals surface area contributed by atoms with E-state index >= 15 is 0 Å². The van der Waals surface area contributed by atoms with Crippen molar-refractivity contribution in [1.82, 2.24) is 4.72 Å². The van der Waals surface area contributed by atoms with E-state index in [0.29, 0.717) is 0 Å². The molecule has 0 radical (unpaired) electrons. The first-order chi connectivity index (χ1) is 13.5. The van der Waals surface area contributed by atoms with Crippen LogP contribution in [0.1, 0.15) is 17.2 Å². The van der Waals surface area contributed by atoms with Crippen LogP contribution in [0.2, 0.25) is 0 Å². The maximum Gasteiger partial charge on any atom is 0.241 e. The highest BCUT2D eigenvalue weighted by molar-refractivity contribution is 7.89. The largest absolute Gasteiger partial charge is 0.377 e. The highest BCUT2D eigenvalue weighted by Crippen LogP contribution is 2.24. The maximum atomic E-state index is 13.0. The van der Waals surface area contributed by atoms with E-state index in [-0.39, 0.29) is 10.9 Å². The average molecular weight is 393 g/mol. The van der Waals surface area contributed by atoms with Crippen molar-refractivity contribution in [3.63, 3.8) is 0 Å². The predicted molar refractivity (Wildman–Crippen MR) is 115 cm³/mol. The second-order valence-electron chi connectivity index (χ2n) is 6.59. The number of hydrogen-bond acceptors (Lipinski definition) is 3. The van der Waals surface area contributed by atoms with Gasteiger partial charge in [-0.15, -0.1) is 6.58 Å². The zero-order valence-electron chi connectivity index (χ0n) is 15.7. The molecule has 0 heterocycles. The molecule has 0 saturated carbocycles. The van der Waals surface area contributed by atoms with E-state index in [4.69, 9.17) is 0 Å². The molecule has 5 heteroatoms. The number of para-hydroxylation sites is 1. The van der Waals surface area contributed by atoms with Gasteiger partial charge in [0, 0.05) is 5.69 Å². The Morgan fingerprint density at radius 2 is 1.43 bits per heavy atom. The van der Waals surface area contributed by atoms with Crippen molar-refractivity contribution in [2.24, 2.45) is 0 Å². The molecule has 3 rings (SSSR count). The van der Waals surface area contributed by atoms with Gasteiger partial charge in [0.2, 0.25) is 10.0 Å². The highest BCUT2D eigenvalue weighted by Gasteiger charge is 2.27. The van der Waals surface area contributed by atoms with Gasteiger partial charge in [0.1, 0.15) is 0 Å². The summed E-state index contributed by atoms with van der Waals surface area (Å²) in [5.74, 6) is 0. The molecule has 0 spiro atoms. The van der Waals surface area contributed by atoms with Crippen molar-refractivity contribution in [1.29, 1.82) is 0 Å². The zero-order chi connectivity index (χ0) is 20.0. The molecule has 0 unspecified atom stereocenters. The summed E-state index contributed by atoms with van der Waals surface area (Å²) in [5, 5.41) is 3.37. The molecule has 0 bridgehead atoms. The monoisotopic (exact) mass is 392 g/mol. The number of anilines is 1. The number of nitrogens with one attached hydrogen (secondary N) is 2. The quantitative estimate of drug-likeness (QED) is 0.547. The van der Waals surface area contributed by atoms with Crippen molar-refractivity contribution in [3.05, 3.63) is 109 Å². The Morgan fingerprint density at radius 3 is 2.00 bits per heavy atom. The molecule has 0 fully saturated rings. The first kappa shape index (κ1) is 19.9. The number of sulfonamides is 1. The lowest BCUT2D eigenvalue weighted by Gasteiger charge is -2.28. The fourth-order valence-electron chi connectivity index (χ4n) is 2.97. The molecule has 2 atom stereocenters. The van der Waals surface area contributed by atoms with Gasteiger partial charge >= 0.3 is 0 Å². The van der Waals surface area contributed by atoms with Crippen LogP contribution >= 0.6 is 0 Å². The summed E-state index contributed by atoms with van der Waals surface area (Å²) in [4.78, 5) is 0.238. The van der Waals surface area contributed by atoms with Gasteiger partial charge in [-0.2, -0.15) is 0 Å². The lowest BCUT2D eigenvalue weighted by molar-refractivity contribution is 0.544. The van der Waals surface area contributed by atoms with E-state index in [1.54, 1.807) is 30.3 Å². The SMILES string of the molecule is C=C[C@@H](Nc1ccccc1)[C@H](NS(=O)(=O)c1ccc(C)cc1)c1ccccc1. The second kappa shape index (κ2) is 8.87. The van der Waals surface area contributed by atoms with Gasteiger partial charge in [-0.25, -0.2) is 13.1 Å². The Hall–Kier alpha value is -2.89. The van der Waals surface area contributed by atoms with Crippen LogP contribution in [0.4, 0.5) is 5.69 Å². The van der Waals surface area contributed by atoms with Crippen molar-refractivity contribution >= 4 is 15.7 Å². The smallest absolute Gasteiger partial charge is 0.241 e. The molecule has 0 saturated heterocycles. The van der Waals surface area contributed by atoms with Crippen molar-refractivity contribution in [2.75, 3.05) is 5.32 Å². The topological polar surface area (TPSA) is 58.2 Å². The molecule has 144 valence electrons. The highest BCUT2D eigenvalue weighted by atomic mass is 32.2. The molecule has 3 aromatic rings. The Balaban J connectivity index is 1.94. The number of benzene rings is 3. The fraction of sp³-hybridized carbons (Fsp3) is 0.130. The van der Waals surface area contributed by atoms with E-state index in [2.05, 4.69) is 16.6 Å². The molecule has 0 aromatic heterocycles. The average Bonchev–Trinajstić information content (AvgIpc) is 2.72. The second-order valence-corrected chi connectivity index (χ2v) is 8.31. The minimum Gasteiger partial charge on any atom is -0.377 e. The predicted octanol–water partition coefficient (Wildman–Crippen LogP) is 4.68. The van der Waals surface area contributed by atoms with Gasteiger partial charge in [-0.1, -0.05) is 72.3 Å². The molecule has 0 aliphatic rings. The molecule has 0 amide bonds. The third-order valence-corrected chi connectivity index (χ3v) is 5.95. The van der Waals surface area contributed by atoms with Crippen LogP contribution < -0.4 is 10.0 Å². The van der Waals surface area contributed by atoms with Gasteiger partial charge in [-0.3, -0.25) is 0 Å². The molecule has 4 nitrogen and oxygen atoms in total. The maximum absolute atomic E-state index is 13.0. The lowest BCUT2D eigenvalue weighted by Crippen LogP contribution is -2.39. The summed E-state index contributed by atoms with van der Waals surface area (Å²) in [6, 6.07) is 25.1. The van der Waals surface area contributed by atoms with Gasteiger partial charge in [0.05, 0.1) is 17.0 Å².